The lowest BCUT2D eigenvalue weighted by molar-refractivity contribution is -0.150. The van der Waals surface area contributed by atoms with Crippen molar-refractivity contribution in [2.45, 2.75) is 33.1 Å². The first-order valence-corrected chi connectivity index (χ1v) is 4.35. The third kappa shape index (κ3) is 2.48. The molecule has 12 heavy (non-hydrogen) atoms. The largest absolute Gasteiger partial charge is 0.481 e. The molecule has 0 saturated carbocycles. The van der Waals surface area contributed by atoms with Crippen LogP contribution in [0.5, 0.6) is 0 Å². The van der Waals surface area contributed by atoms with Crippen LogP contribution in [-0.2, 0) is 9.53 Å². The second-order valence-electron chi connectivity index (χ2n) is 3.04. The molecule has 0 heterocycles. The summed E-state index contributed by atoms with van der Waals surface area (Å²) in [5.74, 6) is -0.704. The van der Waals surface area contributed by atoms with Crippen LogP contribution in [0.25, 0.3) is 0 Å². The quantitative estimate of drug-likeness (QED) is 0.669. The number of rotatable bonds is 6. The average molecular weight is 174 g/mol. The Morgan fingerprint density at radius 1 is 1.42 bits per heavy atom. The highest BCUT2D eigenvalue weighted by Gasteiger charge is 2.33. The summed E-state index contributed by atoms with van der Waals surface area (Å²) >= 11 is 0. The molecule has 3 nitrogen and oxygen atoms in total. The van der Waals surface area contributed by atoms with Crippen molar-refractivity contribution in [3.63, 3.8) is 0 Å². The summed E-state index contributed by atoms with van der Waals surface area (Å²) in [5.41, 5.74) is -0.573. The van der Waals surface area contributed by atoms with E-state index in [1.54, 1.807) is 7.11 Å². The van der Waals surface area contributed by atoms with Gasteiger partial charge >= 0.3 is 5.97 Å². The van der Waals surface area contributed by atoms with E-state index in [1.165, 1.54) is 0 Å². The molecule has 0 aromatic carbocycles. The summed E-state index contributed by atoms with van der Waals surface area (Å²) in [6.45, 7) is 4.34. The monoisotopic (exact) mass is 174 g/mol. The van der Waals surface area contributed by atoms with Crippen molar-refractivity contribution < 1.29 is 14.6 Å². The van der Waals surface area contributed by atoms with E-state index < -0.39 is 11.4 Å². The SMILES string of the molecule is CCC(CC)(CCOC)C(=O)O. The second kappa shape index (κ2) is 5.14. The molecule has 0 aliphatic carbocycles. The van der Waals surface area contributed by atoms with Gasteiger partial charge in [0, 0.05) is 13.7 Å². The second-order valence-corrected chi connectivity index (χ2v) is 3.04. The molecule has 0 rings (SSSR count). The third-order valence-electron chi connectivity index (χ3n) is 2.59. The number of hydrogen-bond acceptors (Lipinski definition) is 2. The summed E-state index contributed by atoms with van der Waals surface area (Å²) in [6.07, 6.45) is 1.94. The van der Waals surface area contributed by atoms with Crippen molar-refractivity contribution in [1.29, 1.82) is 0 Å². The lowest BCUT2D eigenvalue weighted by Crippen LogP contribution is -2.30. The standard InChI is InChI=1S/C9H18O3/c1-4-9(5-2,8(10)11)6-7-12-3/h4-7H2,1-3H3,(H,10,11). The van der Waals surface area contributed by atoms with Crippen molar-refractivity contribution >= 4 is 5.97 Å². The minimum Gasteiger partial charge on any atom is -0.481 e. The van der Waals surface area contributed by atoms with Gasteiger partial charge in [0.1, 0.15) is 0 Å². The van der Waals surface area contributed by atoms with Crippen LogP contribution in [0.4, 0.5) is 0 Å². The Morgan fingerprint density at radius 3 is 2.17 bits per heavy atom. The first-order valence-electron chi connectivity index (χ1n) is 4.35. The number of hydrogen-bond donors (Lipinski definition) is 1. The van der Waals surface area contributed by atoms with E-state index in [9.17, 15) is 4.79 Å². The molecule has 0 atom stereocenters. The molecule has 0 saturated heterocycles. The minimum absolute atomic E-state index is 0.522. The van der Waals surface area contributed by atoms with Gasteiger partial charge in [-0.2, -0.15) is 0 Å². The normalized spacial score (nSPS) is 11.6. The molecule has 72 valence electrons. The number of aliphatic carboxylic acids is 1. The van der Waals surface area contributed by atoms with Crippen LogP contribution in [0, 0.1) is 5.41 Å². The highest BCUT2D eigenvalue weighted by atomic mass is 16.5. The van der Waals surface area contributed by atoms with Gasteiger partial charge in [0.05, 0.1) is 5.41 Å². The molecule has 0 bridgehead atoms. The van der Waals surface area contributed by atoms with Crippen molar-refractivity contribution in [2.24, 2.45) is 5.41 Å². The van der Waals surface area contributed by atoms with Gasteiger partial charge in [-0.25, -0.2) is 0 Å². The fourth-order valence-corrected chi connectivity index (χ4v) is 1.31. The molecule has 1 N–H and O–H groups in total. The zero-order valence-electron chi connectivity index (χ0n) is 8.09. The minimum atomic E-state index is -0.704. The molecule has 0 aromatic rings. The van der Waals surface area contributed by atoms with Crippen LogP contribution >= 0.6 is 0 Å². The number of ether oxygens (including phenoxy) is 1. The molecular formula is C9H18O3. The average Bonchev–Trinajstić information content (AvgIpc) is 2.07. The Labute approximate surface area is 73.7 Å². The Balaban J connectivity index is 4.25. The van der Waals surface area contributed by atoms with Gasteiger partial charge in [0.15, 0.2) is 0 Å². The van der Waals surface area contributed by atoms with Gasteiger partial charge in [0.2, 0.25) is 0 Å². The van der Waals surface area contributed by atoms with Crippen molar-refractivity contribution in [2.75, 3.05) is 13.7 Å². The van der Waals surface area contributed by atoms with E-state index in [1.807, 2.05) is 13.8 Å². The van der Waals surface area contributed by atoms with Crippen LogP contribution in [-0.4, -0.2) is 24.8 Å². The van der Waals surface area contributed by atoms with Gasteiger partial charge in [-0.3, -0.25) is 4.79 Å². The van der Waals surface area contributed by atoms with Gasteiger partial charge in [-0.15, -0.1) is 0 Å². The van der Waals surface area contributed by atoms with Crippen LogP contribution in [0.1, 0.15) is 33.1 Å². The first-order chi connectivity index (χ1) is 5.63. The lowest BCUT2D eigenvalue weighted by atomic mass is 9.80. The molecule has 0 unspecified atom stereocenters. The summed E-state index contributed by atoms with van der Waals surface area (Å²) in [6, 6.07) is 0. The van der Waals surface area contributed by atoms with E-state index in [4.69, 9.17) is 9.84 Å². The van der Waals surface area contributed by atoms with E-state index in [2.05, 4.69) is 0 Å². The van der Waals surface area contributed by atoms with Crippen molar-refractivity contribution in [1.82, 2.24) is 0 Å². The highest BCUT2D eigenvalue weighted by Crippen LogP contribution is 2.30. The lowest BCUT2D eigenvalue weighted by Gasteiger charge is -2.25. The van der Waals surface area contributed by atoms with Gasteiger partial charge in [-0.05, 0) is 19.3 Å². The Morgan fingerprint density at radius 2 is 1.92 bits per heavy atom. The molecule has 0 fully saturated rings. The van der Waals surface area contributed by atoms with Crippen LogP contribution in [0.2, 0.25) is 0 Å². The predicted octanol–water partition coefficient (Wildman–Crippen LogP) is 1.91. The fraction of sp³-hybridized carbons (Fsp3) is 0.889. The van der Waals surface area contributed by atoms with Gasteiger partial charge in [0.25, 0.3) is 0 Å². The number of carboxylic acids is 1. The van der Waals surface area contributed by atoms with Crippen LogP contribution < -0.4 is 0 Å². The van der Waals surface area contributed by atoms with Gasteiger partial charge in [-0.1, -0.05) is 13.8 Å². The van der Waals surface area contributed by atoms with Crippen LogP contribution in [0.15, 0.2) is 0 Å². The molecule has 0 spiro atoms. The summed E-state index contributed by atoms with van der Waals surface area (Å²) < 4.78 is 4.89. The number of carbonyl (C=O) groups is 1. The molecule has 0 aliphatic rings. The Kier molecular flexibility index (Phi) is 4.90. The summed E-state index contributed by atoms with van der Waals surface area (Å²) in [7, 11) is 1.60. The Hall–Kier alpha value is -0.570. The number of carboxylic acid groups (broad SMARTS) is 1. The first kappa shape index (κ1) is 11.4. The summed E-state index contributed by atoms with van der Waals surface area (Å²) in [5, 5.41) is 8.99. The maximum atomic E-state index is 10.9. The predicted molar refractivity (Wildman–Crippen MR) is 47.1 cm³/mol. The van der Waals surface area contributed by atoms with E-state index in [-0.39, 0.29) is 0 Å². The van der Waals surface area contributed by atoms with Crippen LogP contribution in [0.3, 0.4) is 0 Å². The zero-order valence-corrected chi connectivity index (χ0v) is 8.09. The molecule has 0 aliphatic heterocycles. The topological polar surface area (TPSA) is 46.5 Å². The molecular weight excluding hydrogens is 156 g/mol. The maximum Gasteiger partial charge on any atom is 0.309 e. The number of methoxy groups -OCH3 is 1. The molecule has 0 aromatic heterocycles. The van der Waals surface area contributed by atoms with E-state index in [0.717, 1.165) is 0 Å². The van der Waals surface area contributed by atoms with Crippen molar-refractivity contribution in [3.05, 3.63) is 0 Å². The summed E-state index contributed by atoms with van der Waals surface area (Å²) in [4.78, 5) is 10.9. The molecule has 0 amide bonds. The van der Waals surface area contributed by atoms with E-state index in [0.29, 0.717) is 25.9 Å². The smallest absolute Gasteiger partial charge is 0.309 e. The fourth-order valence-electron chi connectivity index (χ4n) is 1.31. The highest BCUT2D eigenvalue weighted by molar-refractivity contribution is 5.74. The molecule has 3 heteroatoms. The molecule has 0 radical (unpaired) electrons. The maximum absolute atomic E-state index is 10.9. The third-order valence-corrected chi connectivity index (χ3v) is 2.59. The zero-order chi connectivity index (χ0) is 9.61. The van der Waals surface area contributed by atoms with Crippen molar-refractivity contribution in [3.8, 4) is 0 Å². The Bertz CT molecular complexity index is 139. The van der Waals surface area contributed by atoms with Gasteiger partial charge < -0.3 is 9.84 Å². The van der Waals surface area contributed by atoms with E-state index >= 15 is 0 Å².